The van der Waals surface area contributed by atoms with Gasteiger partial charge in [-0.2, -0.15) is 4.31 Å². The Hall–Kier alpha value is -2.22. The van der Waals surface area contributed by atoms with Gasteiger partial charge in [-0.1, -0.05) is 42.0 Å². The molecule has 6 nitrogen and oxygen atoms in total. The van der Waals surface area contributed by atoms with Gasteiger partial charge < -0.3 is 10.6 Å². The van der Waals surface area contributed by atoms with Gasteiger partial charge in [0.25, 0.3) is 0 Å². The van der Waals surface area contributed by atoms with Crippen LogP contribution in [0.25, 0.3) is 0 Å². The van der Waals surface area contributed by atoms with E-state index >= 15 is 0 Å². The van der Waals surface area contributed by atoms with E-state index in [-0.39, 0.29) is 5.54 Å². The van der Waals surface area contributed by atoms with Crippen molar-refractivity contribution in [3.05, 3.63) is 64.7 Å². The van der Waals surface area contributed by atoms with Gasteiger partial charge in [0.15, 0.2) is 0 Å². The maximum Gasteiger partial charge on any atom is 0.243 e. The predicted octanol–water partition coefficient (Wildman–Crippen LogP) is 2.93. The standard InChI is InChI=1S/C24H32N4O2S/c1-18-8-9-22(20(3)16-18)31(29,30)28-14-10-24(11-15-28)23(25-12-13-27-24)26-17-21-7-5-4-6-19(21)2/h4-9,16,27H,10-15,17H2,1-3H3,(H,25,26). The predicted molar refractivity (Wildman–Crippen MR) is 125 cm³/mol. The zero-order valence-corrected chi connectivity index (χ0v) is 19.4. The fourth-order valence-corrected chi connectivity index (χ4v) is 6.31. The molecule has 0 bridgehead atoms. The van der Waals surface area contributed by atoms with Crippen molar-refractivity contribution in [3.63, 3.8) is 0 Å². The van der Waals surface area contributed by atoms with Crippen LogP contribution in [0.2, 0.25) is 0 Å². The smallest absolute Gasteiger partial charge is 0.243 e. The highest BCUT2D eigenvalue weighted by Gasteiger charge is 2.43. The van der Waals surface area contributed by atoms with Crippen LogP contribution < -0.4 is 10.6 Å². The lowest BCUT2D eigenvalue weighted by atomic mass is 9.85. The van der Waals surface area contributed by atoms with Crippen LogP contribution in [0.5, 0.6) is 0 Å². The highest BCUT2D eigenvalue weighted by atomic mass is 32.2. The van der Waals surface area contributed by atoms with E-state index in [1.54, 1.807) is 10.4 Å². The molecule has 4 rings (SSSR count). The Morgan fingerprint density at radius 1 is 1.06 bits per heavy atom. The summed E-state index contributed by atoms with van der Waals surface area (Å²) in [6.07, 6.45) is 1.41. The number of aliphatic imine (C=N–C) groups is 1. The van der Waals surface area contributed by atoms with E-state index in [1.807, 2.05) is 32.0 Å². The van der Waals surface area contributed by atoms with Gasteiger partial charge in [-0.15, -0.1) is 0 Å². The monoisotopic (exact) mass is 440 g/mol. The zero-order chi connectivity index (χ0) is 22.1. The fraction of sp³-hybridized carbons (Fsp3) is 0.458. The molecule has 0 radical (unpaired) electrons. The van der Waals surface area contributed by atoms with Crippen molar-refractivity contribution in [2.75, 3.05) is 26.2 Å². The lowest BCUT2D eigenvalue weighted by molar-refractivity contribution is 0.241. The van der Waals surface area contributed by atoms with Crippen LogP contribution in [0.1, 0.15) is 35.1 Å². The summed E-state index contributed by atoms with van der Waals surface area (Å²) in [6, 6.07) is 13.9. The molecule has 2 N–H and O–H groups in total. The first kappa shape index (κ1) is 22.0. The molecule has 1 fully saturated rings. The van der Waals surface area contributed by atoms with Crippen LogP contribution >= 0.6 is 0 Å². The van der Waals surface area contributed by atoms with Crippen LogP contribution in [-0.2, 0) is 16.6 Å². The summed E-state index contributed by atoms with van der Waals surface area (Å²) in [5.41, 5.74) is 4.10. The van der Waals surface area contributed by atoms with Crippen LogP contribution in [-0.4, -0.2) is 50.3 Å². The molecule has 7 heteroatoms. The summed E-state index contributed by atoms with van der Waals surface area (Å²) in [5.74, 6) is 0.963. The van der Waals surface area contributed by atoms with E-state index in [2.05, 4.69) is 35.8 Å². The Labute approximate surface area is 185 Å². The van der Waals surface area contributed by atoms with Gasteiger partial charge in [0.1, 0.15) is 5.84 Å². The minimum absolute atomic E-state index is 0.282. The second-order valence-corrected chi connectivity index (χ2v) is 10.6. The largest absolute Gasteiger partial charge is 0.368 e. The first-order valence-corrected chi connectivity index (χ1v) is 12.4. The van der Waals surface area contributed by atoms with Crippen molar-refractivity contribution in [1.82, 2.24) is 14.9 Å². The van der Waals surface area contributed by atoms with Gasteiger partial charge in [0.05, 0.1) is 17.0 Å². The molecule has 2 heterocycles. The number of hydrogen-bond acceptors (Lipinski definition) is 5. The van der Waals surface area contributed by atoms with Crippen molar-refractivity contribution in [2.45, 2.75) is 50.6 Å². The van der Waals surface area contributed by atoms with Gasteiger partial charge in [-0.05, 0) is 56.4 Å². The maximum atomic E-state index is 13.3. The SMILES string of the molecule is Cc1ccc(S(=O)(=O)N2CCC3(CC2)NCCN=C3NCc2ccccc2C)c(C)c1. The summed E-state index contributed by atoms with van der Waals surface area (Å²) in [7, 11) is -3.50. The molecule has 0 aromatic heterocycles. The van der Waals surface area contributed by atoms with Crippen molar-refractivity contribution >= 4 is 15.9 Å². The molecule has 0 aliphatic carbocycles. The number of benzene rings is 2. The quantitative estimate of drug-likeness (QED) is 0.767. The summed E-state index contributed by atoms with van der Waals surface area (Å²) in [5, 5.41) is 7.21. The highest BCUT2D eigenvalue weighted by Crippen LogP contribution is 2.30. The molecule has 2 aromatic rings. The first-order valence-electron chi connectivity index (χ1n) is 11.0. The van der Waals surface area contributed by atoms with Crippen molar-refractivity contribution in [3.8, 4) is 0 Å². The summed E-state index contributed by atoms with van der Waals surface area (Å²) in [6.45, 7) is 9.20. The lowest BCUT2D eigenvalue weighted by Crippen LogP contribution is -2.64. The topological polar surface area (TPSA) is 73.8 Å². The molecule has 0 amide bonds. The summed E-state index contributed by atoms with van der Waals surface area (Å²) < 4.78 is 28.2. The van der Waals surface area contributed by atoms with E-state index in [9.17, 15) is 8.42 Å². The molecular weight excluding hydrogens is 408 g/mol. The Morgan fingerprint density at radius 3 is 2.52 bits per heavy atom. The van der Waals surface area contributed by atoms with E-state index in [1.165, 1.54) is 11.1 Å². The van der Waals surface area contributed by atoms with Crippen LogP contribution in [0.3, 0.4) is 0 Å². The second kappa shape index (κ2) is 8.73. The highest BCUT2D eigenvalue weighted by molar-refractivity contribution is 7.89. The average Bonchev–Trinajstić information content (AvgIpc) is 2.74. The van der Waals surface area contributed by atoms with Crippen molar-refractivity contribution in [1.29, 1.82) is 0 Å². The number of nitrogens with one attached hydrogen (secondary N) is 2. The van der Waals surface area contributed by atoms with Gasteiger partial charge in [-0.3, -0.25) is 4.99 Å². The molecule has 1 saturated heterocycles. The average molecular weight is 441 g/mol. The zero-order valence-electron chi connectivity index (χ0n) is 18.6. The van der Waals surface area contributed by atoms with Crippen molar-refractivity contribution in [2.24, 2.45) is 4.99 Å². The molecule has 0 atom stereocenters. The third kappa shape index (κ3) is 4.40. The number of sulfonamides is 1. The van der Waals surface area contributed by atoms with E-state index < -0.39 is 10.0 Å². The van der Waals surface area contributed by atoms with E-state index in [0.29, 0.717) is 30.8 Å². The van der Waals surface area contributed by atoms with E-state index in [0.717, 1.165) is 36.6 Å². The minimum atomic E-state index is -3.50. The van der Waals surface area contributed by atoms with Crippen LogP contribution in [0.15, 0.2) is 52.4 Å². The molecular formula is C24H32N4O2S. The van der Waals surface area contributed by atoms with E-state index in [4.69, 9.17) is 4.99 Å². The van der Waals surface area contributed by atoms with Gasteiger partial charge in [0.2, 0.25) is 10.0 Å². The number of hydrogen-bond donors (Lipinski definition) is 2. The van der Waals surface area contributed by atoms with Crippen LogP contribution in [0, 0.1) is 20.8 Å². The minimum Gasteiger partial charge on any atom is -0.368 e. The van der Waals surface area contributed by atoms with Gasteiger partial charge >= 0.3 is 0 Å². The Morgan fingerprint density at radius 2 is 1.81 bits per heavy atom. The third-order valence-corrected chi connectivity index (χ3v) is 8.59. The summed E-state index contributed by atoms with van der Waals surface area (Å²) in [4.78, 5) is 5.21. The van der Waals surface area contributed by atoms with Crippen LogP contribution in [0.4, 0.5) is 0 Å². The Bertz CT molecular complexity index is 1090. The lowest BCUT2D eigenvalue weighted by Gasteiger charge is -2.44. The third-order valence-electron chi connectivity index (χ3n) is 6.53. The summed E-state index contributed by atoms with van der Waals surface area (Å²) >= 11 is 0. The number of aryl methyl sites for hydroxylation is 3. The number of nitrogens with zero attached hydrogens (tertiary/aromatic N) is 2. The fourth-order valence-electron chi connectivity index (χ4n) is 4.66. The van der Waals surface area contributed by atoms with Gasteiger partial charge in [0, 0.05) is 26.2 Å². The number of amidine groups is 1. The van der Waals surface area contributed by atoms with Crippen molar-refractivity contribution < 1.29 is 8.42 Å². The second-order valence-electron chi connectivity index (χ2n) is 8.69. The number of piperidine rings is 1. The Kier molecular flexibility index (Phi) is 6.19. The molecule has 2 aliphatic rings. The normalized spacial score (nSPS) is 19.3. The molecule has 166 valence electrons. The molecule has 2 aromatic carbocycles. The maximum absolute atomic E-state index is 13.3. The molecule has 1 spiro atoms. The molecule has 0 saturated carbocycles. The molecule has 2 aliphatic heterocycles. The number of rotatable bonds is 4. The molecule has 0 unspecified atom stereocenters. The Balaban J connectivity index is 1.48. The van der Waals surface area contributed by atoms with Gasteiger partial charge in [-0.25, -0.2) is 8.42 Å². The first-order chi connectivity index (χ1) is 14.8. The molecule has 31 heavy (non-hydrogen) atoms.